The molecule has 3 heteroatoms. The highest BCUT2D eigenvalue weighted by Crippen LogP contribution is 2.85. The van der Waals surface area contributed by atoms with Crippen LogP contribution in [-0.4, -0.2) is 18.5 Å². The van der Waals surface area contributed by atoms with Crippen molar-refractivity contribution in [2.24, 2.45) is 34.3 Å². The van der Waals surface area contributed by atoms with E-state index in [0.717, 1.165) is 57.9 Å². The van der Waals surface area contributed by atoms with Crippen molar-refractivity contribution in [2.45, 2.75) is 75.7 Å². The van der Waals surface area contributed by atoms with Crippen LogP contribution in [0.4, 0.5) is 0 Å². The van der Waals surface area contributed by atoms with Crippen molar-refractivity contribution in [1.82, 2.24) is 5.32 Å². The largest absolute Gasteiger partial charge is 0.353 e. The van der Waals surface area contributed by atoms with Crippen LogP contribution in [0.3, 0.4) is 0 Å². The van der Waals surface area contributed by atoms with Crippen LogP contribution in [0.2, 0.25) is 0 Å². The summed E-state index contributed by atoms with van der Waals surface area (Å²) in [5.41, 5.74) is 10.7. The lowest BCUT2D eigenvalue weighted by atomic mass is 9.44. The van der Waals surface area contributed by atoms with Gasteiger partial charge in [-0.15, -0.1) is 0 Å². The van der Waals surface area contributed by atoms with Gasteiger partial charge in [-0.3, -0.25) is 4.79 Å². The number of carbonyl (C=O) groups is 1. The highest BCUT2D eigenvalue weighted by atomic mass is 16.2. The van der Waals surface area contributed by atoms with Crippen LogP contribution < -0.4 is 11.1 Å². The van der Waals surface area contributed by atoms with Crippen LogP contribution in [0, 0.1) is 28.6 Å². The third kappa shape index (κ3) is 3.17. The summed E-state index contributed by atoms with van der Waals surface area (Å²) >= 11 is 0. The Morgan fingerprint density at radius 1 is 0.917 bits per heavy atom. The molecule has 0 heterocycles. The summed E-state index contributed by atoms with van der Waals surface area (Å²) in [5, 5.41) is 3.60. The Kier molecular flexibility index (Phi) is 5.26. The first-order chi connectivity index (χ1) is 17.6. The van der Waals surface area contributed by atoms with E-state index >= 15 is 0 Å². The van der Waals surface area contributed by atoms with Gasteiger partial charge in [-0.05, 0) is 105 Å². The van der Waals surface area contributed by atoms with Crippen LogP contribution in [0.1, 0.15) is 68.9 Å². The minimum Gasteiger partial charge on any atom is -0.353 e. The molecule has 3 nitrogen and oxygen atoms in total. The van der Waals surface area contributed by atoms with Gasteiger partial charge < -0.3 is 11.1 Å². The van der Waals surface area contributed by atoms with Gasteiger partial charge in [-0.1, -0.05) is 72.3 Å². The normalized spacial score (nSPS) is 41.2. The fourth-order valence-electron chi connectivity index (χ4n) is 9.79. The molecule has 5 saturated carbocycles. The predicted octanol–water partition coefficient (Wildman–Crippen LogP) is 5.94. The zero-order chi connectivity index (χ0) is 24.4. The molecule has 188 valence electrons. The number of allylic oxidation sites excluding steroid dienone is 2. The average molecular weight is 481 g/mol. The van der Waals surface area contributed by atoms with Gasteiger partial charge in [0.15, 0.2) is 0 Å². The first-order valence-corrected chi connectivity index (χ1v) is 14.4. The van der Waals surface area contributed by atoms with E-state index in [0.29, 0.717) is 29.7 Å². The van der Waals surface area contributed by atoms with Crippen LogP contribution >= 0.6 is 0 Å². The molecule has 0 saturated heterocycles. The number of nitrogens with two attached hydrogens (primary N) is 1. The zero-order valence-corrected chi connectivity index (χ0v) is 21.4. The number of carbonyl (C=O) groups excluding carboxylic acids is 1. The molecule has 5 aliphatic rings. The summed E-state index contributed by atoms with van der Waals surface area (Å²) in [7, 11) is 0. The van der Waals surface area contributed by atoms with Gasteiger partial charge in [0, 0.05) is 11.5 Å². The number of hydrogen-bond donors (Lipinski definition) is 2. The number of benzene rings is 2. The average Bonchev–Trinajstić information content (AvgIpc) is 3.20. The smallest absolute Gasteiger partial charge is 0.226 e. The standard InChI is InChI=1S/C33H40N2O/c34-20-24-11-14-27(15-12-24)35-30(36)31-17-25-18-33(22-31)29(28(25)16-13-23-7-3-1-4-8-23)19-32(33,21-31)26-9-5-2-6-10-26/h1-10,16,24-25,27,29H,11-15,17-22,34H2,(H,35,36)/b28-16-/t24-,25?,27-,29?,31?,32?,33?. The maximum absolute atomic E-state index is 14.2. The Labute approximate surface area is 215 Å². The Bertz CT molecular complexity index is 1170. The number of nitrogens with one attached hydrogen (secondary N) is 1. The van der Waals surface area contributed by atoms with Crippen molar-refractivity contribution in [3.8, 4) is 0 Å². The molecular weight excluding hydrogens is 440 g/mol. The minimum atomic E-state index is -0.208. The van der Waals surface area contributed by atoms with Gasteiger partial charge >= 0.3 is 0 Å². The van der Waals surface area contributed by atoms with Crippen LogP contribution in [0.15, 0.2) is 72.3 Å². The van der Waals surface area contributed by atoms with Crippen molar-refractivity contribution in [3.05, 3.63) is 83.4 Å². The molecule has 0 aliphatic heterocycles. The third-order valence-electron chi connectivity index (χ3n) is 11.3. The van der Waals surface area contributed by atoms with Crippen molar-refractivity contribution in [2.75, 3.05) is 6.54 Å². The monoisotopic (exact) mass is 480 g/mol. The van der Waals surface area contributed by atoms with Gasteiger partial charge in [0.05, 0.1) is 5.41 Å². The van der Waals surface area contributed by atoms with Crippen LogP contribution in [0.25, 0.3) is 0 Å². The second-order valence-electron chi connectivity index (χ2n) is 12.9. The molecule has 5 atom stereocenters. The van der Waals surface area contributed by atoms with Crippen molar-refractivity contribution in [3.63, 3.8) is 0 Å². The van der Waals surface area contributed by atoms with E-state index in [9.17, 15) is 4.79 Å². The van der Waals surface area contributed by atoms with Gasteiger partial charge in [0.1, 0.15) is 0 Å². The molecule has 5 unspecified atom stereocenters. The van der Waals surface area contributed by atoms with E-state index in [-0.39, 0.29) is 16.2 Å². The summed E-state index contributed by atoms with van der Waals surface area (Å²) in [6, 6.07) is 22.5. The molecule has 0 aromatic heterocycles. The van der Waals surface area contributed by atoms with Crippen molar-refractivity contribution >= 4 is 5.91 Å². The molecule has 2 aromatic rings. The maximum atomic E-state index is 14.2. The van der Waals surface area contributed by atoms with Crippen LogP contribution in [-0.2, 0) is 16.6 Å². The second kappa shape index (κ2) is 8.31. The van der Waals surface area contributed by atoms with E-state index < -0.39 is 0 Å². The first-order valence-electron chi connectivity index (χ1n) is 14.4. The molecule has 5 aliphatic carbocycles. The number of hydrogen-bond acceptors (Lipinski definition) is 2. The minimum absolute atomic E-state index is 0.171. The van der Waals surface area contributed by atoms with Crippen molar-refractivity contribution < 1.29 is 4.79 Å². The zero-order valence-electron chi connectivity index (χ0n) is 21.4. The molecule has 5 fully saturated rings. The fraction of sp³-hybridized carbons (Fsp3) is 0.545. The summed E-state index contributed by atoms with van der Waals surface area (Å²) < 4.78 is 0. The number of amides is 1. The summed E-state index contributed by atoms with van der Waals surface area (Å²) in [6.45, 7) is 0.786. The lowest BCUT2D eigenvalue weighted by molar-refractivity contribution is -0.134. The molecule has 36 heavy (non-hydrogen) atoms. The Morgan fingerprint density at radius 3 is 2.36 bits per heavy atom. The van der Waals surface area contributed by atoms with Crippen molar-refractivity contribution in [1.29, 1.82) is 0 Å². The Balaban J connectivity index is 1.20. The SMILES string of the molecule is NC[C@H]1CC[C@H](NC(=O)C23CC4CC5(C2)C(CC5(c2ccccc2)C3)/C4=C\Cc2ccccc2)CC1. The van der Waals surface area contributed by atoms with Crippen LogP contribution in [0.5, 0.6) is 0 Å². The molecule has 7 rings (SSSR count). The fourth-order valence-corrected chi connectivity index (χ4v) is 9.79. The molecular formula is C33H40N2O. The lowest BCUT2D eigenvalue weighted by Gasteiger charge is -2.59. The summed E-state index contributed by atoms with van der Waals surface area (Å²) in [6.07, 6.45) is 13.8. The quantitative estimate of drug-likeness (QED) is 0.503. The molecule has 3 bridgehead atoms. The number of rotatable bonds is 6. The van der Waals surface area contributed by atoms with E-state index in [1.165, 1.54) is 24.0 Å². The lowest BCUT2D eigenvalue weighted by Crippen LogP contribution is -2.55. The third-order valence-corrected chi connectivity index (χ3v) is 11.3. The summed E-state index contributed by atoms with van der Waals surface area (Å²) in [4.78, 5) is 14.2. The van der Waals surface area contributed by atoms with E-state index in [1.807, 2.05) is 0 Å². The van der Waals surface area contributed by atoms with E-state index in [4.69, 9.17) is 5.73 Å². The van der Waals surface area contributed by atoms with Gasteiger partial charge in [0.2, 0.25) is 5.91 Å². The van der Waals surface area contributed by atoms with Gasteiger partial charge in [-0.2, -0.15) is 0 Å². The molecule has 1 amide bonds. The molecule has 2 aromatic carbocycles. The topological polar surface area (TPSA) is 55.1 Å². The Hall–Kier alpha value is -2.39. The predicted molar refractivity (Wildman–Crippen MR) is 144 cm³/mol. The van der Waals surface area contributed by atoms with Gasteiger partial charge in [0.25, 0.3) is 0 Å². The summed E-state index contributed by atoms with van der Waals surface area (Å²) in [5.74, 6) is 2.24. The molecule has 3 N–H and O–H groups in total. The molecule has 1 spiro atoms. The maximum Gasteiger partial charge on any atom is 0.226 e. The second-order valence-corrected chi connectivity index (χ2v) is 12.9. The number of fused-ring (bicyclic) bond motifs is 2. The highest BCUT2D eigenvalue weighted by molar-refractivity contribution is 5.85. The highest BCUT2D eigenvalue weighted by Gasteiger charge is 2.80. The molecule has 0 radical (unpaired) electrons. The van der Waals surface area contributed by atoms with E-state index in [2.05, 4.69) is 72.1 Å². The first kappa shape index (κ1) is 22.8. The van der Waals surface area contributed by atoms with Gasteiger partial charge in [-0.25, -0.2) is 0 Å². The van der Waals surface area contributed by atoms with E-state index in [1.54, 1.807) is 5.57 Å². The Morgan fingerprint density at radius 2 is 1.64 bits per heavy atom.